The molecule has 1 atom stereocenters. The normalized spacial score (nSPS) is 23.4. The highest BCUT2D eigenvalue weighted by molar-refractivity contribution is 9.10. The van der Waals surface area contributed by atoms with E-state index in [2.05, 4.69) is 20.8 Å². The Morgan fingerprint density at radius 3 is 2.42 bits per heavy atom. The number of benzene rings is 1. The molecule has 0 N–H and O–H groups in total. The fourth-order valence-electron chi connectivity index (χ4n) is 4.80. The Balaban J connectivity index is 1.52. The Bertz CT molecular complexity index is 804. The van der Waals surface area contributed by atoms with Gasteiger partial charge in [-0.25, -0.2) is 4.90 Å². The predicted octanol–water partition coefficient (Wildman–Crippen LogP) is 2.82. The molecule has 8 heteroatoms. The Hall–Kier alpha value is -1.77. The lowest BCUT2D eigenvalue weighted by Crippen LogP contribution is -2.51. The van der Waals surface area contributed by atoms with Crippen LogP contribution < -0.4 is 4.90 Å². The summed E-state index contributed by atoms with van der Waals surface area (Å²) in [4.78, 5) is 44.9. The van der Waals surface area contributed by atoms with Crippen molar-refractivity contribution in [3.63, 3.8) is 0 Å². The van der Waals surface area contributed by atoms with Crippen LogP contribution in [0.5, 0.6) is 0 Å². The molecule has 1 aromatic carbocycles. The van der Waals surface area contributed by atoms with Crippen molar-refractivity contribution in [2.45, 2.75) is 44.6 Å². The van der Waals surface area contributed by atoms with Gasteiger partial charge in [-0.3, -0.25) is 19.3 Å². The molecule has 168 valence electrons. The van der Waals surface area contributed by atoms with Crippen LogP contribution in [0.25, 0.3) is 0 Å². The third kappa shape index (κ3) is 5.18. The number of carbonyl (C=O) groups excluding carboxylic acids is 3. The quantitative estimate of drug-likeness (QED) is 0.572. The monoisotopic (exact) mass is 491 g/mol. The van der Waals surface area contributed by atoms with E-state index in [1.54, 1.807) is 17.0 Å². The zero-order chi connectivity index (χ0) is 21.8. The maximum absolute atomic E-state index is 13.5. The number of ether oxygens (including phenoxy) is 1. The van der Waals surface area contributed by atoms with Gasteiger partial charge in [0.1, 0.15) is 6.04 Å². The molecule has 1 saturated carbocycles. The maximum Gasteiger partial charge on any atom is 0.257 e. The van der Waals surface area contributed by atoms with Crippen molar-refractivity contribution in [1.82, 2.24) is 9.80 Å². The first-order valence-corrected chi connectivity index (χ1v) is 12.1. The third-order valence-corrected chi connectivity index (χ3v) is 7.11. The van der Waals surface area contributed by atoms with Gasteiger partial charge < -0.3 is 9.64 Å². The number of amides is 3. The highest BCUT2D eigenvalue weighted by atomic mass is 79.9. The van der Waals surface area contributed by atoms with Gasteiger partial charge in [0.2, 0.25) is 11.8 Å². The summed E-state index contributed by atoms with van der Waals surface area (Å²) < 4.78 is 6.30. The summed E-state index contributed by atoms with van der Waals surface area (Å²) in [5, 5.41) is 0. The summed E-state index contributed by atoms with van der Waals surface area (Å²) in [6.45, 7) is 4.19. The van der Waals surface area contributed by atoms with Crippen molar-refractivity contribution in [3.8, 4) is 0 Å². The molecular formula is C23H30BrN3O4. The molecule has 3 amide bonds. The smallest absolute Gasteiger partial charge is 0.257 e. The topological polar surface area (TPSA) is 70.2 Å². The van der Waals surface area contributed by atoms with Crippen LogP contribution in [0, 0.1) is 5.92 Å². The summed E-state index contributed by atoms with van der Waals surface area (Å²) in [6.07, 6.45) is 5.06. The van der Waals surface area contributed by atoms with E-state index in [-0.39, 0.29) is 30.1 Å². The first-order valence-electron chi connectivity index (χ1n) is 11.3. The summed E-state index contributed by atoms with van der Waals surface area (Å²) in [7, 11) is 0. The van der Waals surface area contributed by atoms with Crippen LogP contribution in [0.15, 0.2) is 28.7 Å². The number of carbonyl (C=O) groups is 3. The molecule has 0 spiro atoms. The third-order valence-electron chi connectivity index (χ3n) is 6.58. The second-order valence-electron chi connectivity index (χ2n) is 8.58. The Labute approximate surface area is 191 Å². The van der Waals surface area contributed by atoms with E-state index in [1.807, 2.05) is 12.1 Å². The minimum atomic E-state index is -0.716. The van der Waals surface area contributed by atoms with Crippen molar-refractivity contribution in [2.75, 3.05) is 44.3 Å². The summed E-state index contributed by atoms with van der Waals surface area (Å²) in [5.41, 5.74) is 0.555. The first-order chi connectivity index (χ1) is 15.0. The van der Waals surface area contributed by atoms with E-state index in [0.29, 0.717) is 32.0 Å². The summed E-state index contributed by atoms with van der Waals surface area (Å²) >= 11 is 3.39. The van der Waals surface area contributed by atoms with E-state index in [4.69, 9.17) is 4.74 Å². The van der Waals surface area contributed by atoms with Crippen LogP contribution in [0.4, 0.5) is 5.69 Å². The van der Waals surface area contributed by atoms with Crippen molar-refractivity contribution in [1.29, 1.82) is 0 Å². The second-order valence-corrected chi connectivity index (χ2v) is 9.50. The molecule has 7 nitrogen and oxygen atoms in total. The number of hydrogen-bond acceptors (Lipinski definition) is 5. The summed E-state index contributed by atoms with van der Waals surface area (Å²) in [5.74, 6) is -0.538. The fourth-order valence-corrected chi connectivity index (χ4v) is 5.06. The van der Waals surface area contributed by atoms with Crippen LogP contribution in [-0.4, -0.2) is 73.0 Å². The molecule has 3 fully saturated rings. The fraction of sp³-hybridized carbons (Fsp3) is 0.609. The molecule has 2 heterocycles. The van der Waals surface area contributed by atoms with E-state index < -0.39 is 6.04 Å². The van der Waals surface area contributed by atoms with Crippen molar-refractivity contribution in [2.24, 2.45) is 5.92 Å². The minimum Gasteiger partial charge on any atom is -0.379 e. The van der Waals surface area contributed by atoms with Gasteiger partial charge in [-0.15, -0.1) is 0 Å². The molecular weight excluding hydrogens is 462 g/mol. The number of nitrogens with zero attached hydrogens (tertiary/aromatic N) is 3. The first kappa shape index (κ1) is 22.4. The molecule has 0 bridgehead atoms. The molecule has 0 radical (unpaired) electrons. The average molecular weight is 492 g/mol. The van der Waals surface area contributed by atoms with Crippen LogP contribution in [0.2, 0.25) is 0 Å². The molecule has 2 aliphatic heterocycles. The maximum atomic E-state index is 13.5. The number of hydrogen-bond donors (Lipinski definition) is 0. The molecule has 4 rings (SSSR count). The largest absolute Gasteiger partial charge is 0.379 e. The van der Waals surface area contributed by atoms with E-state index >= 15 is 0 Å². The van der Waals surface area contributed by atoms with Gasteiger partial charge >= 0.3 is 0 Å². The van der Waals surface area contributed by atoms with Crippen LogP contribution >= 0.6 is 15.9 Å². The molecule has 31 heavy (non-hydrogen) atoms. The van der Waals surface area contributed by atoms with Gasteiger partial charge in [0.15, 0.2) is 0 Å². The molecule has 1 unspecified atom stereocenters. The Morgan fingerprint density at radius 1 is 1.06 bits per heavy atom. The SMILES string of the molecule is O=C1CC(N(CCN2CCOCC2)C(=O)C2CCCCC2)C(=O)N1c1ccc(Br)cc1. The van der Waals surface area contributed by atoms with Crippen molar-refractivity contribution >= 4 is 39.3 Å². The number of morpholine rings is 1. The van der Waals surface area contributed by atoms with Gasteiger partial charge in [0.05, 0.1) is 25.3 Å². The lowest BCUT2D eigenvalue weighted by atomic mass is 9.88. The number of anilines is 1. The lowest BCUT2D eigenvalue weighted by molar-refractivity contribution is -0.143. The number of imide groups is 1. The van der Waals surface area contributed by atoms with E-state index in [9.17, 15) is 14.4 Å². The lowest BCUT2D eigenvalue weighted by Gasteiger charge is -2.35. The zero-order valence-corrected chi connectivity index (χ0v) is 19.4. The molecule has 2 saturated heterocycles. The van der Waals surface area contributed by atoms with Gasteiger partial charge in [-0.05, 0) is 37.1 Å². The van der Waals surface area contributed by atoms with Crippen molar-refractivity contribution < 1.29 is 19.1 Å². The predicted molar refractivity (Wildman–Crippen MR) is 121 cm³/mol. The van der Waals surface area contributed by atoms with Crippen molar-refractivity contribution in [3.05, 3.63) is 28.7 Å². The standard InChI is InChI=1S/C23H30BrN3O4/c24-18-6-8-19(9-7-18)27-21(28)16-20(23(27)30)26(11-10-25-12-14-31-15-13-25)22(29)17-4-2-1-3-5-17/h6-9,17,20H,1-5,10-16H2. The Morgan fingerprint density at radius 2 is 1.74 bits per heavy atom. The van der Waals surface area contributed by atoms with Gasteiger partial charge in [-0.2, -0.15) is 0 Å². The number of rotatable bonds is 6. The highest BCUT2D eigenvalue weighted by Gasteiger charge is 2.45. The average Bonchev–Trinajstić information content (AvgIpc) is 3.09. The van der Waals surface area contributed by atoms with Gasteiger partial charge in [0.25, 0.3) is 5.91 Å². The molecule has 1 aromatic rings. The van der Waals surface area contributed by atoms with Gasteiger partial charge in [0, 0.05) is 36.6 Å². The van der Waals surface area contributed by atoms with Crippen LogP contribution in [0.3, 0.4) is 0 Å². The van der Waals surface area contributed by atoms with E-state index in [0.717, 1.165) is 49.7 Å². The van der Waals surface area contributed by atoms with E-state index in [1.165, 1.54) is 4.90 Å². The Kier molecular flexibility index (Phi) is 7.40. The zero-order valence-electron chi connectivity index (χ0n) is 17.8. The molecule has 0 aromatic heterocycles. The van der Waals surface area contributed by atoms with Gasteiger partial charge in [-0.1, -0.05) is 35.2 Å². The summed E-state index contributed by atoms with van der Waals surface area (Å²) in [6, 6.07) is 6.41. The number of halogens is 1. The van der Waals surface area contributed by atoms with Crippen LogP contribution in [-0.2, 0) is 19.1 Å². The molecule has 1 aliphatic carbocycles. The second kappa shape index (κ2) is 10.2. The minimum absolute atomic E-state index is 0.0387. The molecule has 3 aliphatic rings. The highest BCUT2D eigenvalue weighted by Crippen LogP contribution is 2.30. The van der Waals surface area contributed by atoms with Crippen LogP contribution in [0.1, 0.15) is 38.5 Å².